The molecule has 1 aliphatic carbocycles. The van der Waals surface area contributed by atoms with E-state index in [1.165, 1.54) is 0 Å². The number of carboxylic acids is 1. The number of hydrogen-bond acceptors (Lipinski definition) is 8. The minimum atomic E-state index is -1.04. The van der Waals surface area contributed by atoms with Crippen LogP contribution in [0.15, 0.2) is 18.3 Å². The molecule has 1 fully saturated rings. The van der Waals surface area contributed by atoms with Crippen molar-refractivity contribution < 1.29 is 46.0 Å². The molecule has 2 rings (SSSR count). The number of hydrogen-bond donors (Lipinski definition) is 1. The number of esters is 2. The van der Waals surface area contributed by atoms with Crippen LogP contribution < -0.4 is 0 Å². The van der Waals surface area contributed by atoms with Gasteiger partial charge in [-0.3, -0.25) is 29.2 Å². The first kappa shape index (κ1) is 28.0. The number of carbonyl (C=O) groups excluding carboxylic acids is 2. The Morgan fingerprint density at radius 2 is 1.62 bits per heavy atom. The van der Waals surface area contributed by atoms with Gasteiger partial charge in [0.2, 0.25) is 0 Å². The van der Waals surface area contributed by atoms with E-state index >= 15 is 0 Å². The second kappa shape index (κ2) is 14.2. The fourth-order valence-electron chi connectivity index (χ4n) is 4.25. The van der Waals surface area contributed by atoms with Crippen molar-refractivity contribution in [2.75, 3.05) is 19.6 Å². The molecule has 0 spiro atoms. The monoisotopic (exact) mass is 488 g/mol. The van der Waals surface area contributed by atoms with Crippen LogP contribution in [-0.2, 0) is 53.9 Å². The summed E-state index contributed by atoms with van der Waals surface area (Å²) in [6, 6.07) is 3.45. The summed E-state index contributed by atoms with van der Waals surface area (Å²) in [4.78, 5) is 43.6. The Labute approximate surface area is 199 Å². The molecule has 0 saturated heterocycles. The zero-order chi connectivity index (χ0) is 22.8. The molecule has 1 unspecified atom stereocenters. The molecule has 10 heteroatoms. The maximum Gasteiger partial charge on any atom is 0.317 e. The summed E-state index contributed by atoms with van der Waals surface area (Å²) in [6.07, 6.45) is 5.78. The van der Waals surface area contributed by atoms with Crippen molar-refractivity contribution in [1.29, 1.82) is 0 Å². The molecule has 179 valence electrons. The van der Waals surface area contributed by atoms with Gasteiger partial charge in [-0.2, -0.15) is 14.2 Å². The second-order valence-electron chi connectivity index (χ2n) is 7.62. The Morgan fingerprint density at radius 1 is 1.06 bits per heavy atom. The number of nitrogens with zero attached hydrogens (tertiary/aromatic N) is 3. The summed E-state index contributed by atoms with van der Waals surface area (Å²) in [5.74, 6) is -2.13. The molecular weight excluding hydrogens is 457 g/mol. The third kappa shape index (κ3) is 8.16. The van der Waals surface area contributed by atoms with E-state index in [4.69, 9.17) is 0 Å². The number of aromatic nitrogens is 1. The molecule has 1 aromatic rings. The van der Waals surface area contributed by atoms with Gasteiger partial charge in [0.05, 0.1) is 25.3 Å². The van der Waals surface area contributed by atoms with Crippen LogP contribution in [0.25, 0.3) is 0 Å². The van der Waals surface area contributed by atoms with Crippen LogP contribution in [0.3, 0.4) is 0 Å². The molecule has 1 aromatic heterocycles. The number of aliphatic carboxylic acids is 1. The van der Waals surface area contributed by atoms with Crippen molar-refractivity contribution in [2.24, 2.45) is 0 Å². The number of pyridine rings is 1. The van der Waals surface area contributed by atoms with Crippen LogP contribution in [-0.4, -0.2) is 69.5 Å². The molecule has 0 aliphatic heterocycles. The third-order valence-corrected chi connectivity index (χ3v) is 5.67. The molecule has 0 bridgehead atoms. The fraction of sp³-hybridized carbons (Fsp3) is 0.545. The van der Waals surface area contributed by atoms with Gasteiger partial charge in [0.25, 0.3) is 11.9 Å². The minimum absolute atomic E-state index is 0. The smallest absolute Gasteiger partial charge is 0.317 e. The number of aryl methyl sites for hydroxylation is 1. The molecule has 2 atom stereocenters. The van der Waals surface area contributed by atoms with E-state index < -0.39 is 17.9 Å². The van der Waals surface area contributed by atoms with Crippen molar-refractivity contribution in [3.63, 3.8) is 0 Å². The molecule has 1 saturated carbocycles. The summed E-state index contributed by atoms with van der Waals surface area (Å²) in [6.45, 7) is 1.94. The Balaban J connectivity index is 0.00000512. The van der Waals surface area contributed by atoms with Crippen LogP contribution in [0.4, 0.5) is 0 Å². The topological polar surface area (TPSA) is 109 Å². The quantitative estimate of drug-likeness (QED) is 0.283. The van der Waals surface area contributed by atoms with Crippen LogP contribution in [0.1, 0.15) is 43.9 Å². The van der Waals surface area contributed by atoms with E-state index in [2.05, 4.69) is 28.7 Å². The number of rotatable bonds is 11. The van der Waals surface area contributed by atoms with Crippen molar-refractivity contribution >= 4 is 17.9 Å². The number of carbonyl (C=O) groups is 3. The van der Waals surface area contributed by atoms with Gasteiger partial charge >= 0.3 is 5.97 Å². The minimum Gasteiger partial charge on any atom is -0.639 e. The van der Waals surface area contributed by atoms with Gasteiger partial charge in [-0.1, -0.05) is 25.8 Å². The number of carboxylic acid groups (broad SMARTS) is 1. The van der Waals surface area contributed by atoms with E-state index in [9.17, 15) is 19.5 Å². The van der Waals surface area contributed by atoms with Gasteiger partial charge in [0.15, 0.2) is 0 Å². The maximum atomic E-state index is 12.2. The maximum absolute atomic E-state index is 12.2. The predicted octanol–water partition coefficient (Wildman–Crippen LogP) is 1.81. The summed E-state index contributed by atoms with van der Waals surface area (Å²) in [5, 5.41) is 9.40. The van der Waals surface area contributed by atoms with Crippen molar-refractivity contribution in [3.05, 3.63) is 43.8 Å². The van der Waals surface area contributed by atoms with Gasteiger partial charge in [0.1, 0.15) is 0 Å². The molecular formula is C22H31MnN3O6-2. The first-order chi connectivity index (χ1) is 14.9. The Hall–Kier alpha value is -2.00. The van der Waals surface area contributed by atoms with Gasteiger partial charge in [-0.15, -0.1) is 0 Å². The molecule has 0 aromatic carbocycles. The van der Waals surface area contributed by atoms with Crippen molar-refractivity contribution in [2.45, 2.75) is 57.7 Å². The Morgan fingerprint density at radius 3 is 2.16 bits per heavy atom. The van der Waals surface area contributed by atoms with E-state index in [-0.39, 0.29) is 48.8 Å². The normalized spacial score (nSPS) is 18.2. The van der Waals surface area contributed by atoms with Crippen LogP contribution >= 0.6 is 0 Å². The van der Waals surface area contributed by atoms with Crippen LogP contribution in [0.5, 0.6) is 0 Å². The first-order valence-electron chi connectivity index (χ1n) is 10.4. The van der Waals surface area contributed by atoms with Crippen LogP contribution in [0.2, 0.25) is 0 Å². The summed E-state index contributed by atoms with van der Waals surface area (Å²) < 4.78 is 9.19. The zero-order valence-electron chi connectivity index (χ0n) is 18.4. The summed E-state index contributed by atoms with van der Waals surface area (Å²) in [7, 11) is 6.35. The number of ether oxygens (including phenoxy) is 2. The SMILES string of the molecule is [CH2-]OC(=O)CN(CC(=O)O)C1CCCC[C@@H]1N(CC(=O)O[CH2-])Cc1ncccc1CC.[Mn]. The van der Waals surface area contributed by atoms with E-state index in [0.29, 0.717) is 13.0 Å². The molecule has 1 radical (unpaired) electrons. The van der Waals surface area contributed by atoms with Gasteiger partial charge < -0.3 is 14.6 Å². The molecule has 1 aliphatic rings. The van der Waals surface area contributed by atoms with E-state index in [1.54, 1.807) is 11.1 Å². The van der Waals surface area contributed by atoms with Gasteiger partial charge in [0, 0.05) is 41.9 Å². The predicted molar refractivity (Wildman–Crippen MR) is 112 cm³/mol. The Kier molecular flexibility index (Phi) is 12.4. The van der Waals surface area contributed by atoms with Gasteiger partial charge in [-0.25, -0.2) is 0 Å². The summed E-state index contributed by atoms with van der Waals surface area (Å²) in [5.41, 5.74) is 1.93. The first-order valence-corrected chi connectivity index (χ1v) is 10.4. The third-order valence-electron chi connectivity index (χ3n) is 5.67. The molecule has 0 amide bonds. The zero-order valence-corrected chi connectivity index (χ0v) is 19.6. The standard InChI is InChI=1S/C22H31N3O6.Mn/c1-4-16-8-7-11-23-17(16)12-24(14-21(28)30-2)18-9-5-6-10-19(18)25(13-20(26)27)15-22(29)31-3;/h7-8,11,18-19H,2-6,9-10,12-15H2,1H3,(H,26,27);/q-2;/t18-,19?;/m0./s1. The largest absolute Gasteiger partial charge is 0.639 e. The Bertz CT molecular complexity index is 763. The van der Waals surface area contributed by atoms with Crippen molar-refractivity contribution in [3.8, 4) is 0 Å². The average molecular weight is 488 g/mol. The molecule has 1 heterocycles. The molecule has 32 heavy (non-hydrogen) atoms. The summed E-state index contributed by atoms with van der Waals surface area (Å²) >= 11 is 0. The van der Waals surface area contributed by atoms with Crippen LogP contribution in [0, 0.1) is 14.2 Å². The average Bonchev–Trinajstić information content (AvgIpc) is 2.78. The fourth-order valence-corrected chi connectivity index (χ4v) is 4.25. The van der Waals surface area contributed by atoms with Crippen molar-refractivity contribution in [1.82, 2.24) is 14.8 Å². The molecule has 1 N–H and O–H groups in total. The van der Waals surface area contributed by atoms with E-state index in [1.807, 2.05) is 24.0 Å². The molecule has 9 nitrogen and oxygen atoms in total. The second-order valence-corrected chi connectivity index (χ2v) is 7.62. The van der Waals surface area contributed by atoms with E-state index in [0.717, 1.165) is 36.9 Å². The van der Waals surface area contributed by atoms with Gasteiger partial charge in [-0.05, 0) is 30.9 Å².